The van der Waals surface area contributed by atoms with E-state index in [2.05, 4.69) is 17.2 Å². The third-order valence-corrected chi connectivity index (χ3v) is 3.66. The molecule has 0 fully saturated rings. The van der Waals surface area contributed by atoms with E-state index in [0.29, 0.717) is 12.8 Å². The molecule has 21 heavy (non-hydrogen) atoms. The first-order valence-electron chi connectivity index (χ1n) is 6.70. The predicted octanol–water partition coefficient (Wildman–Crippen LogP) is 2.97. The van der Waals surface area contributed by atoms with Crippen LogP contribution in [0.1, 0.15) is 23.1 Å². The van der Waals surface area contributed by atoms with Gasteiger partial charge in [0.1, 0.15) is 0 Å². The number of thiophene rings is 1. The molecule has 2 aromatic rings. The summed E-state index contributed by atoms with van der Waals surface area (Å²) in [5, 5.41) is 15.6. The van der Waals surface area contributed by atoms with Gasteiger partial charge >= 0.3 is 0 Å². The van der Waals surface area contributed by atoms with Crippen molar-refractivity contribution in [2.75, 3.05) is 11.9 Å². The second-order valence-electron chi connectivity index (χ2n) is 4.66. The number of aliphatic hydroxyl groups is 1. The SMILES string of the molecule is Cc1ccc(C#CCCO)cc1NC(=O)Cc1ccsc1. The van der Waals surface area contributed by atoms with Crippen molar-refractivity contribution >= 4 is 22.9 Å². The molecule has 0 spiro atoms. The number of hydrogen-bond donors (Lipinski definition) is 2. The standard InChI is InChI=1S/C17H17NO2S/c1-13-5-6-14(4-2-3-8-19)10-16(13)18-17(20)11-15-7-9-21-12-15/h5-7,9-10,12,19H,3,8,11H2,1H3,(H,18,20). The summed E-state index contributed by atoms with van der Waals surface area (Å²) in [5.74, 6) is 5.82. The molecule has 4 heteroatoms. The molecule has 0 radical (unpaired) electrons. The highest BCUT2D eigenvalue weighted by molar-refractivity contribution is 7.08. The van der Waals surface area contributed by atoms with Gasteiger partial charge in [-0.15, -0.1) is 0 Å². The lowest BCUT2D eigenvalue weighted by atomic mass is 10.1. The van der Waals surface area contributed by atoms with Crippen molar-refractivity contribution in [3.8, 4) is 11.8 Å². The summed E-state index contributed by atoms with van der Waals surface area (Å²) in [6.07, 6.45) is 0.830. The summed E-state index contributed by atoms with van der Waals surface area (Å²) < 4.78 is 0. The fourth-order valence-electron chi connectivity index (χ4n) is 1.83. The molecule has 0 aliphatic heterocycles. The van der Waals surface area contributed by atoms with Crippen LogP contribution in [0, 0.1) is 18.8 Å². The van der Waals surface area contributed by atoms with E-state index in [1.54, 1.807) is 11.3 Å². The maximum absolute atomic E-state index is 12.0. The number of anilines is 1. The van der Waals surface area contributed by atoms with Crippen LogP contribution in [0.3, 0.4) is 0 Å². The van der Waals surface area contributed by atoms with Gasteiger partial charge in [-0.3, -0.25) is 4.79 Å². The topological polar surface area (TPSA) is 49.3 Å². The molecule has 2 rings (SSSR count). The second kappa shape index (κ2) is 7.63. The molecular weight excluding hydrogens is 282 g/mol. The van der Waals surface area contributed by atoms with Crippen LogP contribution in [-0.2, 0) is 11.2 Å². The lowest BCUT2D eigenvalue weighted by Crippen LogP contribution is -2.14. The number of carbonyl (C=O) groups excluding carboxylic acids is 1. The Kier molecular flexibility index (Phi) is 5.56. The van der Waals surface area contributed by atoms with Gasteiger partial charge in [-0.2, -0.15) is 11.3 Å². The first-order valence-corrected chi connectivity index (χ1v) is 7.64. The monoisotopic (exact) mass is 299 g/mol. The number of nitrogens with one attached hydrogen (secondary N) is 1. The second-order valence-corrected chi connectivity index (χ2v) is 5.44. The normalized spacial score (nSPS) is 9.81. The molecule has 1 aromatic heterocycles. The highest BCUT2D eigenvalue weighted by Crippen LogP contribution is 2.17. The van der Waals surface area contributed by atoms with Gasteiger partial charge in [-0.1, -0.05) is 17.9 Å². The van der Waals surface area contributed by atoms with Crippen LogP contribution in [0.4, 0.5) is 5.69 Å². The smallest absolute Gasteiger partial charge is 0.228 e. The van der Waals surface area contributed by atoms with Crippen LogP contribution < -0.4 is 5.32 Å². The van der Waals surface area contributed by atoms with E-state index < -0.39 is 0 Å². The zero-order valence-electron chi connectivity index (χ0n) is 11.8. The molecule has 1 heterocycles. The van der Waals surface area contributed by atoms with Crippen LogP contribution in [-0.4, -0.2) is 17.6 Å². The van der Waals surface area contributed by atoms with Crippen LogP contribution in [0.5, 0.6) is 0 Å². The van der Waals surface area contributed by atoms with E-state index in [0.717, 1.165) is 22.4 Å². The molecule has 0 aliphatic rings. The Morgan fingerprint density at radius 2 is 2.24 bits per heavy atom. The molecule has 0 unspecified atom stereocenters. The minimum absolute atomic E-state index is 0.0306. The van der Waals surface area contributed by atoms with Gasteiger partial charge in [0.2, 0.25) is 5.91 Å². The van der Waals surface area contributed by atoms with Crippen molar-refractivity contribution in [2.24, 2.45) is 0 Å². The van der Waals surface area contributed by atoms with Crippen molar-refractivity contribution in [2.45, 2.75) is 19.8 Å². The molecular formula is C17H17NO2S. The molecule has 108 valence electrons. The van der Waals surface area contributed by atoms with Crippen LogP contribution in [0.2, 0.25) is 0 Å². The maximum Gasteiger partial charge on any atom is 0.228 e. The summed E-state index contributed by atoms with van der Waals surface area (Å²) in [5.41, 5.74) is 3.64. The van der Waals surface area contributed by atoms with E-state index in [1.807, 2.05) is 41.9 Å². The molecule has 0 aliphatic carbocycles. The van der Waals surface area contributed by atoms with Crippen LogP contribution >= 0.6 is 11.3 Å². The Labute approximate surface area is 128 Å². The largest absolute Gasteiger partial charge is 0.395 e. The number of rotatable bonds is 4. The fourth-order valence-corrected chi connectivity index (χ4v) is 2.50. The predicted molar refractivity (Wildman–Crippen MR) is 86.4 cm³/mol. The molecule has 0 atom stereocenters. The molecule has 1 amide bonds. The van der Waals surface area contributed by atoms with Crippen molar-refractivity contribution in [3.63, 3.8) is 0 Å². The lowest BCUT2D eigenvalue weighted by molar-refractivity contribution is -0.115. The third kappa shape index (κ3) is 4.75. The van der Waals surface area contributed by atoms with E-state index in [-0.39, 0.29) is 12.5 Å². The highest BCUT2D eigenvalue weighted by Gasteiger charge is 2.06. The first-order chi connectivity index (χ1) is 10.2. The van der Waals surface area contributed by atoms with Gasteiger partial charge in [0, 0.05) is 17.7 Å². The lowest BCUT2D eigenvalue weighted by Gasteiger charge is -2.08. The summed E-state index contributed by atoms with van der Waals surface area (Å²) in [4.78, 5) is 12.0. The fraction of sp³-hybridized carbons (Fsp3) is 0.235. The summed E-state index contributed by atoms with van der Waals surface area (Å²) in [6, 6.07) is 7.66. The number of benzene rings is 1. The van der Waals surface area contributed by atoms with E-state index >= 15 is 0 Å². The molecule has 3 nitrogen and oxygen atoms in total. The van der Waals surface area contributed by atoms with Crippen molar-refractivity contribution in [3.05, 3.63) is 51.7 Å². The maximum atomic E-state index is 12.0. The first kappa shape index (κ1) is 15.3. The number of amides is 1. The van der Waals surface area contributed by atoms with Crippen molar-refractivity contribution in [1.29, 1.82) is 0 Å². The minimum Gasteiger partial charge on any atom is -0.395 e. The minimum atomic E-state index is -0.0306. The van der Waals surface area contributed by atoms with Gasteiger partial charge in [-0.25, -0.2) is 0 Å². The van der Waals surface area contributed by atoms with E-state index in [1.165, 1.54) is 0 Å². The Balaban J connectivity index is 2.06. The summed E-state index contributed by atoms with van der Waals surface area (Å²) >= 11 is 1.59. The van der Waals surface area contributed by atoms with E-state index in [9.17, 15) is 4.79 Å². The van der Waals surface area contributed by atoms with Gasteiger partial charge < -0.3 is 10.4 Å². The van der Waals surface area contributed by atoms with Crippen molar-refractivity contribution in [1.82, 2.24) is 0 Å². The zero-order chi connectivity index (χ0) is 15.1. The Hall–Kier alpha value is -2.09. The third-order valence-electron chi connectivity index (χ3n) is 2.93. The average Bonchev–Trinajstić information content (AvgIpc) is 2.95. The van der Waals surface area contributed by atoms with Gasteiger partial charge in [0.25, 0.3) is 0 Å². The molecule has 0 bridgehead atoms. The average molecular weight is 299 g/mol. The Morgan fingerprint density at radius 3 is 2.95 bits per heavy atom. The van der Waals surface area contributed by atoms with Crippen LogP contribution in [0.25, 0.3) is 0 Å². The zero-order valence-corrected chi connectivity index (χ0v) is 12.7. The molecule has 1 aromatic carbocycles. The quantitative estimate of drug-likeness (QED) is 0.853. The number of aliphatic hydroxyl groups excluding tert-OH is 1. The summed E-state index contributed by atoms with van der Waals surface area (Å²) in [7, 11) is 0. The van der Waals surface area contributed by atoms with E-state index in [4.69, 9.17) is 5.11 Å². The Morgan fingerprint density at radius 1 is 1.38 bits per heavy atom. The molecule has 2 N–H and O–H groups in total. The highest BCUT2D eigenvalue weighted by atomic mass is 32.1. The van der Waals surface area contributed by atoms with Gasteiger partial charge in [-0.05, 0) is 47.0 Å². The summed E-state index contributed by atoms with van der Waals surface area (Å²) in [6.45, 7) is 2.01. The number of aryl methyl sites for hydroxylation is 1. The van der Waals surface area contributed by atoms with Crippen molar-refractivity contribution < 1.29 is 9.90 Å². The van der Waals surface area contributed by atoms with Gasteiger partial charge in [0.15, 0.2) is 0 Å². The number of hydrogen-bond acceptors (Lipinski definition) is 3. The van der Waals surface area contributed by atoms with Gasteiger partial charge in [0.05, 0.1) is 13.0 Å². The molecule has 0 saturated heterocycles. The number of carbonyl (C=O) groups is 1. The Bertz CT molecular complexity index is 666. The van der Waals surface area contributed by atoms with Crippen LogP contribution in [0.15, 0.2) is 35.0 Å². The molecule has 0 saturated carbocycles.